The van der Waals surface area contributed by atoms with E-state index in [-0.39, 0.29) is 0 Å². The van der Waals surface area contributed by atoms with E-state index in [9.17, 15) is 26.3 Å². The molecule has 0 saturated carbocycles. The molecule has 0 bridgehead atoms. The van der Waals surface area contributed by atoms with Gasteiger partial charge in [-0.2, -0.15) is 26.3 Å². The summed E-state index contributed by atoms with van der Waals surface area (Å²) in [6, 6.07) is 14.1. The Kier molecular flexibility index (Phi) is 8.72. The van der Waals surface area contributed by atoms with E-state index in [0.29, 0.717) is 6.54 Å². The molecule has 0 fully saturated rings. The van der Waals surface area contributed by atoms with E-state index in [1.807, 2.05) is 37.4 Å². The number of carboxylic acid groups (broad SMARTS) is 2. The highest BCUT2D eigenvalue weighted by molar-refractivity contribution is 6.30. The molecule has 5 aromatic rings. The van der Waals surface area contributed by atoms with Gasteiger partial charge in [-0.05, 0) is 42.8 Å². The quantitative estimate of drug-likeness (QED) is 0.241. The highest BCUT2D eigenvalue weighted by Gasteiger charge is 2.38. The molecule has 0 aliphatic heterocycles. The molecule has 17 heteroatoms. The average molecular weight is 591 g/mol. The molecular weight excluding hydrogens is 574 g/mol. The molecule has 4 heterocycles. The fourth-order valence-corrected chi connectivity index (χ4v) is 3.66. The van der Waals surface area contributed by atoms with E-state index in [1.54, 1.807) is 6.33 Å². The van der Waals surface area contributed by atoms with Gasteiger partial charge in [0.2, 0.25) is 0 Å². The number of aromatic nitrogens is 6. The lowest BCUT2D eigenvalue weighted by Gasteiger charge is -2.10. The standard InChI is InChI=1S/C19H15ClN6.2C2HF3O2/c1-12-23-24-19-6-5-16-18(26(12)19)8-17(15-9-21-11-22-15)25(16)10-13-3-2-4-14(20)7-13;2*3-2(4,5)1(6)7/h2-9,11H,10H2,1H3,(H,21,22);2*(H,6,7). The minimum Gasteiger partial charge on any atom is -0.475 e. The van der Waals surface area contributed by atoms with Crippen LogP contribution in [-0.2, 0) is 16.1 Å². The first kappa shape index (κ1) is 29.9. The third-order valence-electron chi connectivity index (χ3n) is 5.07. The van der Waals surface area contributed by atoms with E-state index in [0.717, 1.165) is 44.5 Å². The summed E-state index contributed by atoms with van der Waals surface area (Å²) in [6.07, 6.45) is -6.57. The number of H-pyrrole nitrogens is 1. The van der Waals surface area contributed by atoms with Crippen molar-refractivity contribution in [3.8, 4) is 11.4 Å². The number of aryl methyl sites for hydroxylation is 1. The van der Waals surface area contributed by atoms with Gasteiger partial charge >= 0.3 is 24.3 Å². The molecule has 1 aromatic carbocycles. The van der Waals surface area contributed by atoms with E-state index in [2.05, 4.69) is 47.3 Å². The van der Waals surface area contributed by atoms with Gasteiger partial charge in [-0.25, -0.2) is 14.6 Å². The monoisotopic (exact) mass is 590 g/mol. The van der Waals surface area contributed by atoms with E-state index in [1.165, 1.54) is 0 Å². The molecule has 0 amide bonds. The Balaban J connectivity index is 0.000000263. The van der Waals surface area contributed by atoms with Crippen LogP contribution in [0.2, 0.25) is 5.02 Å². The van der Waals surface area contributed by atoms with Gasteiger partial charge in [0, 0.05) is 17.8 Å². The molecule has 3 N–H and O–H groups in total. The van der Waals surface area contributed by atoms with Crippen LogP contribution < -0.4 is 0 Å². The summed E-state index contributed by atoms with van der Waals surface area (Å²) in [4.78, 5) is 25.3. The van der Waals surface area contributed by atoms with Gasteiger partial charge in [0.15, 0.2) is 5.65 Å². The van der Waals surface area contributed by atoms with Crippen molar-refractivity contribution in [2.24, 2.45) is 0 Å². The molecule has 0 spiro atoms. The summed E-state index contributed by atoms with van der Waals surface area (Å²) >= 11 is 6.18. The largest absolute Gasteiger partial charge is 0.490 e. The maximum Gasteiger partial charge on any atom is 0.490 e. The van der Waals surface area contributed by atoms with Gasteiger partial charge in [0.1, 0.15) is 11.5 Å². The van der Waals surface area contributed by atoms with Crippen LogP contribution in [0.1, 0.15) is 11.4 Å². The topological polar surface area (TPSA) is 138 Å². The molecule has 40 heavy (non-hydrogen) atoms. The average Bonchev–Trinajstić information content (AvgIpc) is 3.58. The fourth-order valence-electron chi connectivity index (χ4n) is 3.44. The predicted octanol–water partition coefficient (Wildman–Crippen LogP) is 5.35. The van der Waals surface area contributed by atoms with Gasteiger partial charge in [-0.15, -0.1) is 10.2 Å². The molecule has 0 atom stereocenters. The maximum atomic E-state index is 10.6. The van der Waals surface area contributed by atoms with Gasteiger partial charge in [0.05, 0.1) is 23.1 Å². The number of benzene rings is 1. The highest BCUT2D eigenvalue weighted by atomic mass is 35.5. The number of imidazole rings is 1. The lowest BCUT2D eigenvalue weighted by Crippen LogP contribution is -2.21. The van der Waals surface area contributed by atoms with Crippen molar-refractivity contribution in [3.63, 3.8) is 0 Å². The Morgan fingerprint density at radius 3 is 2.10 bits per heavy atom. The summed E-state index contributed by atoms with van der Waals surface area (Å²) in [7, 11) is 0. The minimum absolute atomic E-state index is 0.693. The Hall–Kier alpha value is -4.60. The lowest BCUT2D eigenvalue weighted by atomic mass is 10.2. The molecule has 10 nitrogen and oxygen atoms in total. The zero-order valence-corrected chi connectivity index (χ0v) is 20.8. The second-order valence-electron chi connectivity index (χ2n) is 7.85. The second-order valence-corrected chi connectivity index (χ2v) is 8.29. The van der Waals surface area contributed by atoms with Gasteiger partial charge < -0.3 is 19.8 Å². The number of nitrogens with one attached hydrogen (secondary N) is 1. The van der Waals surface area contributed by atoms with Crippen molar-refractivity contribution in [1.82, 2.24) is 29.1 Å². The number of halogens is 7. The number of aliphatic carboxylic acids is 2. The van der Waals surface area contributed by atoms with Gasteiger partial charge in [-0.1, -0.05) is 23.7 Å². The van der Waals surface area contributed by atoms with Crippen molar-refractivity contribution in [2.45, 2.75) is 25.8 Å². The SMILES string of the molecule is Cc1nnc2ccc3c(cc(-c4c[nH]cn4)n3Cc3cccc(Cl)c3)n12.O=C(O)C(F)(F)F.O=C(O)C(F)(F)F. The highest BCUT2D eigenvalue weighted by Crippen LogP contribution is 2.29. The van der Waals surface area contributed by atoms with Crippen molar-refractivity contribution in [2.75, 3.05) is 0 Å². The first-order valence-corrected chi connectivity index (χ1v) is 11.1. The van der Waals surface area contributed by atoms with Crippen molar-refractivity contribution in [3.05, 3.63) is 71.4 Å². The number of pyridine rings is 1. The van der Waals surface area contributed by atoms with E-state index >= 15 is 0 Å². The molecule has 0 saturated heterocycles. The minimum atomic E-state index is -5.08. The van der Waals surface area contributed by atoms with Crippen LogP contribution in [0, 0.1) is 6.92 Å². The van der Waals surface area contributed by atoms with Crippen LogP contribution >= 0.6 is 11.6 Å². The number of hydrogen-bond acceptors (Lipinski definition) is 5. The second kappa shape index (κ2) is 11.6. The molecular formula is C23H17ClF6N6O4. The Morgan fingerprint density at radius 1 is 0.950 bits per heavy atom. The summed E-state index contributed by atoms with van der Waals surface area (Å²) in [5.41, 5.74) is 6.04. The number of carbonyl (C=O) groups is 2. The van der Waals surface area contributed by atoms with Crippen molar-refractivity contribution < 1.29 is 46.1 Å². The summed E-state index contributed by atoms with van der Waals surface area (Å²) in [6.45, 7) is 2.65. The summed E-state index contributed by atoms with van der Waals surface area (Å²) in [5, 5.41) is 23.4. The predicted molar refractivity (Wildman–Crippen MR) is 129 cm³/mol. The number of hydrogen-bond donors (Lipinski definition) is 3. The van der Waals surface area contributed by atoms with Gasteiger partial charge in [-0.3, -0.25) is 4.40 Å². The zero-order chi connectivity index (χ0) is 29.8. The van der Waals surface area contributed by atoms with E-state index in [4.69, 9.17) is 31.4 Å². The van der Waals surface area contributed by atoms with Crippen molar-refractivity contribution >= 4 is 40.2 Å². The summed E-state index contributed by atoms with van der Waals surface area (Å²) in [5.74, 6) is -4.65. The van der Waals surface area contributed by atoms with Crippen LogP contribution in [0.3, 0.4) is 0 Å². The van der Waals surface area contributed by atoms with Crippen LogP contribution in [0.4, 0.5) is 26.3 Å². The zero-order valence-electron chi connectivity index (χ0n) is 20.0. The van der Waals surface area contributed by atoms with Crippen LogP contribution in [0.25, 0.3) is 28.1 Å². The molecule has 0 aliphatic rings. The molecule has 0 aliphatic carbocycles. The van der Waals surface area contributed by atoms with Crippen LogP contribution in [-0.4, -0.2) is 63.6 Å². The van der Waals surface area contributed by atoms with E-state index < -0.39 is 24.3 Å². The van der Waals surface area contributed by atoms with Gasteiger partial charge in [0.25, 0.3) is 0 Å². The number of fused-ring (bicyclic) bond motifs is 3. The normalized spacial score (nSPS) is 11.5. The van der Waals surface area contributed by atoms with Crippen molar-refractivity contribution in [1.29, 1.82) is 0 Å². The third kappa shape index (κ3) is 7.07. The molecule has 4 aromatic heterocycles. The molecule has 212 valence electrons. The van der Waals surface area contributed by atoms with Crippen LogP contribution in [0.15, 0.2) is 55.0 Å². The number of carboxylic acids is 2. The maximum absolute atomic E-state index is 10.6. The Morgan fingerprint density at radius 2 is 1.57 bits per heavy atom. The molecule has 0 unspecified atom stereocenters. The number of aromatic amines is 1. The fraction of sp³-hybridized carbons (Fsp3) is 0.174. The Labute approximate surface area is 224 Å². The first-order valence-electron chi connectivity index (χ1n) is 10.8. The van der Waals surface area contributed by atoms with Crippen LogP contribution in [0.5, 0.6) is 0 Å². The molecule has 5 rings (SSSR count). The lowest BCUT2D eigenvalue weighted by molar-refractivity contribution is -0.193. The first-order chi connectivity index (χ1) is 18.6. The number of alkyl halides is 6. The Bertz CT molecular complexity index is 1620. The smallest absolute Gasteiger partial charge is 0.475 e. The third-order valence-corrected chi connectivity index (χ3v) is 5.31. The molecule has 0 radical (unpaired) electrons. The summed E-state index contributed by atoms with van der Waals surface area (Å²) < 4.78 is 67.8. The number of rotatable bonds is 3. The number of nitrogens with zero attached hydrogens (tertiary/aromatic N) is 5.